The highest BCUT2D eigenvalue weighted by molar-refractivity contribution is 5.81. The smallest absolute Gasteiger partial charge is 0.228 e. The van der Waals surface area contributed by atoms with Crippen LogP contribution in [-0.2, 0) is 4.79 Å². The Balaban J connectivity index is 2.08. The topological polar surface area (TPSA) is 46.3 Å². The summed E-state index contributed by atoms with van der Waals surface area (Å²) in [6, 6.07) is 6.47. The molecule has 0 aliphatic carbocycles. The number of benzene rings is 1. The molecule has 2 atom stereocenters. The van der Waals surface area contributed by atoms with Crippen molar-refractivity contribution >= 4 is 5.91 Å². The zero-order valence-electron chi connectivity index (χ0n) is 12.4. The van der Waals surface area contributed by atoms with Crippen LogP contribution in [0, 0.1) is 11.2 Å². The zero-order valence-corrected chi connectivity index (χ0v) is 12.4. The second-order valence-electron chi connectivity index (χ2n) is 6.62. The minimum absolute atomic E-state index is 0.120. The van der Waals surface area contributed by atoms with Crippen LogP contribution >= 0.6 is 0 Å². The van der Waals surface area contributed by atoms with Crippen LogP contribution in [0.1, 0.15) is 38.7 Å². The molecule has 0 saturated carbocycles. The number of likely N-dealkylation sites (tertiary alicyclic amines) is 1. The summed E-state index contributed by atoms with van der Waals surface area (Å²) in [5, 5.41) is 0. The maximum absolute atomic E-state index is 13.3. The lowest BCUT2D eigenvalue weighted by Gasteiger charge is -2.39. The lowest BCUT2D eigenvalue weighted by Crippen LogP contribution is -2.52. The van der Waals surface area contributed by atoms with Crippen molar-refractivity contribution in [2.24, 2.45) is 11.1 Å². The van der Waals surface area contributed by atoms with Gasteiger partial charge in [-0.05, 0) is 24.1 Å². The second-order valence-corrected chi connectivity index (χ2v) is 6.62. The molecule has 0 bridgehead atoms. The first kappa shape index (κ1) is 15.0. The van der Waals surface area contributed by atoms with Crippen LogP contribution in [-0.4, -0.2) is 29.9 Å². The van der Waals surface area contributed by atoms with E-state index in [1.54, 1.807) is 12.1 Å². The number of nitrogens with two attached hydrogens (primary N) is 1. The fraction of sp³-hybridized carbons (Fsp3) is 0.562. The minimum Gasteiger partial charge on any atom is -0.341 e. The molecule has 20 heavy (non-hydrogen) atoms. The second kappa shape index (κ2) is 5.52. The third-order valence-corrected chi connectivity index (χ3v) is 3.86. The highest BCUT2D eigenvalue weighted by atomic mass is 19.1. The van der Waals surface area contributed by atoms with Gasteiger partial charge in [-0.25, -0.2) is 4.39 Å². The Kier molecular flexibility index (Phi) is 4.14. The number of rotatable bonds is 1. The molecule has 1 aliphatic rings. The van der Waals surface area contributed by atoms with Gasteiger partial charge in [0.1, 0.15) is 5.82 Å². The molecule has 0 spiro atoms. The van der Waals surface area contributed by atoms with Gasteiger partial charge in [0.25, 0.3) is 0 Å². The summed E-state index contributed by atoms with van der Waals surface area (Å²) in [4.78, 5) is 14.1. The first-order chi connectivity index (χ1) is 9.29. The minimum atomic E-state index is -0.384. The molecule has 1 saturated heterocycles. The van der Waals surface area contributed by atoms with Gasteiger partial charge in [-0.2, -0.15) is 0 Å². The van der Waals surface area contributed by atoms with Gasteiger partial charge in [-0.1, -0.05) is 32.9 Å². The summed E-state index contributed by atoms with van der Waals surface area (Å²) in [5.41, 5.74) is 6.76. The summed E-state index contributed by atoms with van der Waals surface area (Å²) < 4.78 is 13.3. The van der Waals surface area contributed by atoms with Gasteiger partial charge in [0.05, 0.1) is 0 Å². The lowest BCUT2D eigenvalue weighted by molar-refractivity contribution is -0.140. The Morgan fingerprint density at radius 2 is 2.10 bits per heavy atom. The van der Waals surface area contributed by atoms with E-state index in [1.165, 1.54) is 6.07 Å². The van der Waals surface area contributed by atoms with Gasteiger partial charge in [0.2, 0.25) is 5.91 Å². The Morgan fingerprint density at radius 3 is 2.65 bits per heavy atom. The Bertz CT molecular complexity index is 495. The van der Waals surface area contributed by atoms with E-state index in [9.17, 15) is 9.18 Å². The Hall–Kier alpha value is -1.42. The van der Waals surface area contributed by atoms with E-state index in [2.05, 4.69) is 0 Å². The fourth-order valence-electron chi connectivity index (χ4n) is 2.79. The number of carbonyl (C=O) groups is 1. The summed E-state index contributed by atoms with van der Waals surface area (Å²) in [6.45, 7) is 6.97. The molecule has 2 N–H and O–H groups in total. The molecule has 2 unspecified atom stereocenters. The standard InChI is InChI=1S/C16H23FN2O/c1-16(2,3)15(20)19-8-7-13(14(18)10-19)11-5-4-6-12(17)9-11/h4-6,9,13-14H,7-8,10,18H2,1-3H3. The number of carbonyl (C=O) groups excluding carboxylic acids is 1. The van der Waals surface area contributed by atoms with Crippen LogP contribution in [0.4, 0.5) is 4.39 Å². The highest BCUT2D eigenvalue weighted by Crippen LogP contribution is 2.29. The summed E-state index contributed by atoms with van der Waals surface area (Å²) in [5.74, 6) is 0.0169. The SMILES string of the molecule is CC(C)(C)C(=O)N1CCC(c2cccc(F)c2)C(N)C1. The molecule has 0 radical (unpaired) electrons. The maximum atomic E-state index is 13.3. The van der Waals surface area contributed by atoms with Gasteiger partial charge >= 0.3 is 0 Å². The molecule has 4 heteroatoms. The van der Waals surface area contributed by atoms with Crippen molar-refractivity contribution < 1.29 is 9.18 Å². The van der Waals surface area contributed by atoms with E-state index < -0.39 is 0 Å². The number of amides is 1. The van der Waals surface area contributed by atoms with E-state index >= 15 is 0 Å². The molecule has 1 heterocycles. The first-order valence-electron chi connectivity index (χ1n) is 7.09. The van der Waals surface area contributed by atoms with E-state index in [0.717, 1.165) is 12.0 Å². The number of hydrogen-bond donors (Lipinski definition) is 1. The van der Waals surface area contributed by atoms with Crippen LogP contribution in [0.2, 0.25) is 0 Å². The van der Waals surface area contributed by atoms with Crippen LogP contribution in [0.25, 0.3) is 0 Å². The summed E-state index contributed by atoms with van der Waals surface area (Å²) in [7, 11) is 0. The lowest BCUT2D eigenvalue weighted by atomic mass is 9.84. The van der Waals surface area contributed by atoms with Gasteiger partial charge < -0.3 is 10.6 Å². The van der Waals surface area contributed by atoms with E-state index in [-0.39, 0.29) is 29.1 Å². The first-order valence-corrected chi connectivity index (χ1v) is 7.09. The normalized spacial score (nSPS) is 23.8. The molecule has 1 amide bonds. The van der Waals surface area contributed by atoms with Crippen LogP contribution in [0.5, 0.6) is 0 Å². The molecule has 3 nitrogen and oxygen atoms in total. The molecular weight excluding hydrogens is 255 g/mol. The quantitative estimate of drug-likeness (QED) is 0.858. The average Bonchev–Trinajstić information content (AvgIpc) is 2.36. The van der Waals surface area contributed by atoms with Crippen LogP contribution < -0.4 is 5.73 Å². The highest BCUT2D eigenvalue weighted by Gasteiger charge is 2.34. The number of piperidine rings is 1. The van der Waals surface area contributed by atoms with Crippen LogP contribution in [0.15, 0.2) is 24.3 Å². The predicted octanol–water partition coefficient (Wildman–Crippen LogP) is 2.52. The van der Waals surface area contributed by atoms with Crippen molar-refractivity contribution in [3.05, 3.63) is 35.6 Å². The van der Waals surface area contributed by atoms with Gasteiger partial charge in [-0.3, -0.25) is 4.79 Å². The van der Waals surface area contributed by atoms with E-state index in [1.807, 2.05) is 31.7 Å². The molecule has 1 fully saturated rings. The van der Waals surface area contributed by atoms with Crippen molar-refractivity contribution in [2.45, 2.75) is 39.2 Å². The monoisotopic (exact) mass is 278 g/mol. The van der Waals surface area contributed by atoms with Crippen molar-refractivity contribution in [1.82, 2.24) is 4.90 Å². The predicted molar refractivity (Wildman–Crippen MR) is 77.8 cm³/mol. The van der Waals surface area contributed by atoms with Gasteiger partial charge in [0, 0.05) is 30.5 Å². The average molecular weight is 278 g/mol. The van der Waals surface area contributed by atoms with Crippen molar-refractivity contribution in [3.8, 4) is 0 Å². The molecule has 110 valence electrons. The molecule has 0 aromatic heterocycles. The largest absolute Gasteiger partial charge is 0.341 e. The van der Waals surface area contributed by atoms with Crippen molar-refractivity contribution in [2.75, 3.05) is 13.1 Å². The Morgan fingerprint density at radius 1 is 1.40 bits per heavy atom. The Labute approximate surface area is 120 Å². The van der Waals surface area contributed by atoms with E-state index in [0.29, 0.717) is 13.1 Å². The van der Waals surface area contributed by atoms with Crippen molar-refractivity contribution in [3.63, 3.8) is 0 Å². The van der Waals surface area contributed by atoms with Crippen molar-refractivity contribution in [1.29, 1.82) is 0 Å². The van der Waals surface area contributed by atoms with E-state index in [4.69, 9.17) is 5.73 Å². The molecule has 1 aromatic rings. The third kappa shape index (κ3) is 3.18. The summed E-state index contributed by atoms with van der Waals surface area (Å²) in [6.07, 6.45) is 0.784. The number of nitrogens with zero attached hydrogens (tertiary/aromatic N) is 1. The van der Waals surface area contributed by atoms with Gasteiger partial charge in [-0.15, -0.1) is 0 Å². The maximum Gasteiger partial charge on any atom is 0.228 e. The zero-order chi connectivity index (χ0) is 14.9. The van der Waals surface area contributed by atoms with Crippen LogP contribution in [0.3, 0.4) is 0 Å². The number of hydrogen-bond acceptors (Lipinski definition) is 2. The summed E-state index contributed by atoms with van der Waals surface area (Å²) >= 11 is 0. The number of halogens is 1. The molecular formula is C16H23FN2O. The fourth-order valence-corrected chi connectivity index (χ4v) is 2.79. The molecule has 2 rings (SSSR count). The molecule has 1 aromatic carbocycles. The molecule has 1 aliphatic heterocycles. The third-order valence-electron chi connectivity index (χ3n) is 3.86. The van der Waals surface area contributed by atoms with Gasteiger partial charge in [0.15, 0.2) is 0 Å².